The van der Waals surface area contributed by atoms with Crippen LogP contribution in [0.5, 0.6) is 0 Å². The molecule has 4 fully saturated rings. The van der Waals surface area contributed by atoms with Crippen LogP contribution >= 0.6 is 0 Å². The Morgan fingerprint density at radius 3 is 1.35 bits per heavy atom. The number of nitrogens with two attached hydrogens (primary N) is 1. The number of morpholine rings is 4. The summed E-state index contributed by atoms with van der Waals surface area (Å²) in [5, 5.41) is 12.1. The number of hydrogen-bond donors (Lipinski definition) is 2. The summed E-state index contributed by atoms with van der Waals surface area (Å²) in [7, 11) is 8.44. The molecule has 12 nitrogen and oxygen atoms in total. The molecule has 7 rings (SSSR count). The number of hydrogen-bond acceptors (Lipinski definition) is 12. The van der Waals surface area contributed by atoms with Gasteiger partial charge < -0.3 is 39.8 Å². The number of likely N-dealkylation sites (N-methyl/N-ethyl adjacent to an activating group) is 2. The van der Waals surface area contributed by atoms with Crippen molar-refractivity contribution in [3.63, 3.8) is 0 Å². The molecule has 0 radical (unpaired) electrons. The molecular formula is C51H82N8O4. The van der Waals surface area contributed by atoms with Crippen LogP contribution in [-0.4, -0.2) is 173 Å². The SMILES string of the molecule is CC(C)(N)C1CN(Cc2ccccc2)CCO1.CN(C)C(C)(C)C1CN(Cc2ccccc2)CCO1.CN(C)C(C)(C)C1CNCCO1.N#CC1CN(Cc2ccccc2)CCO1. The summed E-state index contributed by atoms with van der Waals surface area (Å²) in [5.41, 5.74) is 10.0. The van der Waals surface area contributed by atoms with E-state index in [2.05, 4.69) is 165 Å². The van der Waals surface area contributed by atoms with Crippen LogP contribution in [-0.2, 0) is 38.6 Å². The first-order valence-corrected chi connectivity index (χ1v) is 23.0. The smallest absolute Gasteiger partial charge is 0.156 e. The van der Waals surface area contributed by atoms with E-state index in [1.165, 1.54) is 16.7 Å². The van der Waals surface area contributed by atoms with Gasteiger partial charge in [-0.15, -0.1) is 0 Å². The van der Waals surface area contributed by atoms with E-state index in [9.17, 15) is 0 Å². The lowest BCUT2D eigenvalue weighted by atomic mass is 9.94. The van der Waals surface area contributed by atoms with Gasteiger partial charge in [-0.3, -0.25) is 14.7 Å². The molecule has 0 spiro atoms. The van der Waals surface area contributed by atoms with Gasteiger partial charge in [0.15, 0.2) is 6.10 Å². The molecule has 4 aliphatic heterocycles. The summed E-state index contributed by atoms with van der Waals surface area (Å²) < 4.78 is 22.7. The molecule has 4 heterocycles. The molecule has 0 aliphatic carbocycles. The summed E-state index contributed by atoms with van der Waals surface area (Å²) in [6.07, 6.45) is 0.434. The van der Waals surface area contributed by atoms with Crippen molar-refractivity contribution in [3.8, 4) is 6.07 Å². The van der Waals surface area contributed by atoms with Gasteiger partial charge in [0.1, 0.15) is 0 Å². The minimum Gasteiger partial charge on any atom is -0.374 e. The van der Waals surface area contributed by atoms with Crippen molar-refractivity contribution in [2.24, 2.45) is 5.73 Å². The van der Waals surface area contributed by atoms with Crippen molar-refractivity contribution in [1.82, 2.24) is 29.8 Å². The van der Waals surface area contributed by atoms with Gasteiger partial charge in [0.25, 0.3) is 0 Å². The highest BCUT2D eigenvalue weighted by molar-refractivity contribution is 5.16. The first kappa shape index (κ1) is 52.3. The lowest BCUT2D eigenvalue weighted by molar-refractivity contribution is -0.0948. The van der Waals surface area contributed by atoms with E-state index < -0.39 is 0 Å². The molecule has 4 unspecified atom stereocenters. The van der Waals surface area contributed by atoms with E-state index in [1.54, 1.807) is 0 Å². The predicted molar refractivity (Wildman–Crippen MR) is 256 cm³/mol. The Kier molecular flexibility index (Phi) is 21.6. The van der Waals surface area contributed by atoms with Gasteiger partial charge in [-0.1, -0.05) is 91.0 Å². The van der Waals surface area contributed by atoms with Crippen LogP contribution in [0.4, 0.5) is 0 Å². The number of nitrogens with zero attached hydrogens (tertiary/aromatic N) is 6. The number of ether oxygens (including phenoxy) is 4. The quantitative estimate of drug-likeness (QED) is 0.251. The Hall–Kier alpha value is -3.29. The molecule has 4 saturated heterocycles. The zero-order valence-corrected chi connectivity index (χ0v) is 40.5. The highest BCUT2D eigenvalue weighted by atomic mass is 16.5. The minimum absolute atomic E-state index is 0.0648. The van der Waals surface area contributed by atoms with Crippen LogP contribution in [0.3, 0.4) is 0 Å². The number of rotatable bonds is 11. The van der Waals surface area contributed by atoms with Gasteiger partial charge in [-0.05, 0) is 86.4 Å². The predicted octanol–water partition coefficient (Wildman–Crippen LogP) is 5.58. The van der Waals surface area contributed by atoms with E-state index in [1.807, 2.05) is 32.0 Å². The third-order valence-electron chi connectivity index (χ3n) is 13.0. The lowest BCUT2D eigenvalue weighted by Crippen LogP contribution is -2.57. The Labute approximate surface area is 381 Å². The third-order valence-corrected chi connectivity index (χ3v) is 13.0. The molecule has 0 saturated carbocycles. The van der Waals surface area contributed by atoms with Crippen LogP contribution in [0.1, 0.15) is 58.2 Å². The van der Waals surface area contributed by atoms with Gasteiger partial charge >= 0.3 is 0 Å². The molecule has 4 aliphatic rings. The van der Waals surface area contributed by atoms with Gasteiger partial charge in [0.2, 0.25) is 0 Å². The van der Waals surface area contributed by atoms with Crippen molar-refractivity contribution < 1.29 is 18.9 Å². The van der Waals surface area contributed by atoms with E-state index in [0.29, 0.717) is 19.3 Å². The average Bonchev–Trinajstić information content (AvgIpc) is 3.28. The Balaban J connectivity index is 0.000000187. The average molecular weight is 871 g/mol. The monoisotopic (exact) mass is 871 g/mol. The fourth-order valence-corrected chi connectivity index (χ4v) is 7.61. The Morgan fingerprint density at radius 1 is 0.571 bits per heavy atom. The molecular weight excluding hydrogens is 789 g/mol. The van der Waals surface area contributed by atoms with Crippen LogP contribution in [0.25, 0.3) is 0 Å². The fraction of sp³-hybridized carbons (Fsp3) is 0.627. The maximum absolute atomic E-state index is 8.77. The molecule has 3 aromatic rings. The highest BCUT2D eigenvalue weighted by Crippen LogP contribution is 2.24. The second-order valence-corrected chi connectivity index (χ2v) is 19.4. The van der Waals surface area contributed by atoms with Crippen molar-refractivity contribution in [3.05, 3.63) is 108 Å². The topological polar surface area (TPSA) is 115 Å². The second-order valence-electron chi connectivity index (χ2n) is 19.4. The largest absolute Gasteiger partial charge is 0.374 e. The van der Waals surface area contributed by atoms with Crippen LogP contribution in [0.15, 0.2) is 91.0 Å². The highest BCUT2D eigenvalue weighted by Gasteiger charge is 2.36. The zero-order valence-electron chi connectivity index (χ0n) is 40.5. The molecule has 350 valence electrons. The molecule has 0 bridgehead atoms. The first-order valence-electron chi connectivity index (χ1n) is 23.0. The standard InChI is InChI=1S/C16H26N2O.C14H22N2O.C12H14N2O.C9H20N2O/c1-16(2,17(3)4)15-13-18(10-11-19-15)12-14-8-6-5-7-9-14;1-14(2,15)13-11-16(8-9-17-13)10-12-6-4-3-5-7-12;13-8-12-10-14(6-7-15-12)9-11-4-2-1-3-5-11;1-9(2,11(3)4)8-7-10-5-6-12-8/h5-9,15H,10-13H2,1-4H3;3-7,13H,8-11,15H2,1-2H3;1-5,12H,6-7,9-10H2;8,10H,5-7H2,1-4H3. The number of nitrogens with one attached hydrogen (secondary N) is 1. The molecule has 4 atom stereocenters. The molecule has 63 heavy (non-hydrogen) atoms. The first-order chi connectivity index (χ1) is 30.0. The summed E-state index contributed by atoms with van der Waals surface area (Å²) in [4.78, 5) is 11.6. The van der Waals surface area contributed by atoms with Gasteiger partial charge in [0.05, 0.1) is 50.8 Å². The summed E-state index contributed by atoms with van der Waals surface area (Å²) in [6, 6.07) is 33.7. The Bertz CT molecular complexity index is 1710. The summed E-state index contributed by atoms with van der Waals surface area (Å²) in [5.74, 6) is 0. The van der Waals surface area contributed by atoms with Gasteiger partial charge in [0, 0.05) is 88.6 Å². The van der Waals surface area contributed by atoms with Crippen molar-refractivity contribution in [2.45, 2.75) is 102 Å². The maximum atomic E-state index is 8.77. The van der Waals surface area contributed by atoms with Crippen LogP contribution in [0, 0.1) is 11.3 Å². The van der Waals surface area contributed by atoms with E-state index in [4.69, 9.17) is 29.9 Å². The zero-order chi connectivity index (χ0) is 45.9. The van der Waals surface area contributed by atoms with Crippen LogP contribution < -0.4 is 11.1 Å². The van der Waals surface area contributed by atoms with Crippen LogP contribution in [0.2, 0.25) is 0 Å². The van der Waals surface area contributed by atoms with E-state index in [-0.39, 0.29) is 34.9 Å². The lowest BCUT2D eigenvalue weighted by Gasteiger charge is -2.44. The second kappa shape index (κ2) is 26.0. The summed E-state index contributed by atoms with van der Waals surface area (Å²) >= 11 is 0. The third kappa shape index (κ3) is 17.9. The molecule has 0 amide bonds. The number of benzene rings is 3. The van der Waals surface area contributed by atoms with Crippen molar-refractivity contribution in [1.29, 1.82) is 5.26 Å². The maximum Gasteiger partial charge on any atom is 0.156 e. The van der Waals surface area contributed by atoms with Gasteiger partial charge in [-0.25, -0.2) is 0 Å². The van der Waals surface area contributed by atoms with E-state index in [0.717, 1.165) is 85.3 Å². The molecule has 12 heteroatoms. The number of nitriles is 1. The summed E-state index contributed by atoms with van der Waals surface area (Å²) in [6.45, 7) is 26.5. The normalized spacial score (nSPS) is 23.0. The molecule has 0 aromatic heterocycles. The fourth-order valence-electron chi connectivity index (χ4n) is 7.61. The van der Waals surface area contributed by atoms with E-state index >= 15 is 0 Å². The van der Waals surface area contributed by atoms with Gasteiger partial charge in [-0.2, -0.15) is 5.26 Å². The van der Waals surface area contributed by atoms with Crippen molar-refractivity contribution >= 4 is 0 Å². The Morgan fingerprint density at radius 2 is 0.952 bits per heavy atom. The molecule has 3 N–H and O–H groups in total. The van der Waals surface area contributed by atoms with Crippen molar-refractivity contribution in [2.75, 3.05) is 107 Å². The molecule has 3 aromatic carbocycles. The minimum atomic E-state index is -0.268.